The number of aryl methyl sites for hydroxylation is 1. The molecule has 25 heavy (non-hydrogen) atoms. The summed E-state index contributed by atoms with van der Waals surface area (Å²) in [6, 6.07) is 8.57. The second-order valence-electron chi connectivity index (χ2n) is 7.17. The topological polar surface area (TPSA) is 18.5 Å². The van der Waals surface area contributed by atoms with Crippen LogP contribution in [0.4, 0.5) is 4.39 Å². The Balaban J connectivity index is 1.45. The van der Waals surface area contributed by atoms with E-state index in [4.69, 9.17) is 9.47 Å². The van der Waals surface area contributed by atoms with Crippen LogP contribution in [-0.4, -0.2) is 13.2 Å². The van der Waals surface area contributed by atoms with Gasteiger partial charge in [-0.15, -0.1) is 0 Å². The van der Waals surface area contributed by atoms with Gasteiger partial charge in [-0.1, -0.05) is 49.4 Å². The summed E-state index contributed by atoms with van der Waals surface area (Å²) in [7, 11) is 0. The van der Waals surface area contributed by atoms with Crippen LogP contribution in [0.5, 0.6) is 0 Å². The molecular formula is C22H29FO2. The van der Waals surface area contributed by atoms with Crippen LogP contribution < -0.4 is 0 Å². The molecule has 1 aliphatic heterocycles. The van der Waals surface area contributed by atoms with Crippen molar-refractivity contribution in [2.45, 2.75) is 51.7 Å². The van der Waals surface area contributed by atoms with Gasteiger partial charge in [0.2, 0.25) is 0 Å². The minimum absolute atomic E-state index is 0.0699. The molecule has 1 aliphatic carbocycles. The average molecular weight is 344 g/mol. The Morgan fingerprint density at radius 1 is 1.16 bits per heavy atom. The first kappa shape index (κ1) is 18.3. The first-order valence-electron chi connectivity index (χ1n) is 9.58. The quantitative estimate of drug-likeness (QED) is 0.598. The van der Waals surface area contributed by atoms with Gasteiger partial charge in [-0.3, -0.25) is 0 Å². The van der Waals surface area contributed by atoms with Crippen molar-refractivity contribution >= 4 is 0 Å². The van der Waals surface area contributed by atoms with Crippen LogP contribution in [-0.2, 0) is 15.9 Å². The lowest BCUT2D eigenvalue weighted by Gasteiger charge is -2.28. The Morgan fingerprint density at radius 2 is 1.92 bits per heavy atom. The lowest BCUT2D eigenvalue weighted by atomic mass is 9.88. The lowest BCUT2D eigenvalue weighted by Crippen LogP contribution is -2.25. The van der Waals surface area contributed by atoms with Gasteiger partial charge in [0, 0.05) is 11.5 Å². The summed E-state index contributed by atoms with van der Waals surface area (Å²) in [5.41, 5.74) is 2.42. The van der Waals surface area contributed by atoms with Crippen molar-refractivity contribution in [1.29, 1.82) is 0 Å². The van der Waals surface area contributed by atoms with Crippen molar-refractivity contribution in [2.75, 3.05) is 13.2 Å². The summed E-state index contributed by atoms with van der Waals surface area (Å²) in [6.07, 6.45) is 11.6. The van der Waals surface area contributed by atoms with Crippen molar-refractivity contribution in [2.24, 2.45) is 11.8 Å². The van der Waals surface area contributed by atoms with E-state index >= 15 is 0 Å². The summed E-state index contributed by atoms with van der Waals surface area (Å²) in [4.78, 5) is 0. The molecular weight excluding hydrogens is 315 g/mol. The molecule has 0 spiro atoms. The highest BCUT2D eigenvalue weighted by Crippen LogP contribution is 2.29. The van der Waals surface area contributed by atoms with Crippen LogP contribution in [0, 0.1) is 11.8 Å². The third-order valence-electron chi connectivity index (χ3n) is 5.12. The Kier molecular flexibility index (Phi) is 6.83. The van der Waals surface area contributed by atoms with Crippen molar-refractivity contribution in [3.8, 4) is 0 Å². The van der Waals surface area contributed by atoms with E-state index in [-0.39, 0.29) is 12.1 Å². The third-order valence-corrected chi connectivity index (χ3v) is 5.12. The highest BCUT2D eigenvalue weighted by atomic mass is 19.1. The van der Waals surface area contributed by atoms with Gasteiger partial charge in [-0.25, -0.2) is 4.39 Å². The predicted octanol–water partition coefficient (Wildman–Crippen LogP) is 5.90. The highest BCUT2D eigenvalue weighted by molar-refractivity contribution is 5.24. The minimum Gasteiger partial charge on any atom is -0.348 e. The third kappa shape index (κ3) is 5.52. The summed E-state index contributed by atoms with van der Waals surface area (Å²) in [5, 5.41) is 0. The summed E-state index contributed by atoms with van der Waals surface area (Å²) in [5.74, 6) is 1.06. The molecule has 136 valence electrons. The Bertz CT molecular complexity index is 583. The van der Waals surface area contributed by atoms with E-state index in [0.717, 1.165) is 37.7 Å². The van der Waals surface area contributed by atoms with Gasteiger partial charge in [0.1, 0.15) is 0 Å². The van der Waals surface area contributed by atoms with Crippen molar-refractivity contribution in [3.05, 3.63) is 59.4 Å². The fourth-order valence-corrected chi connectivity index (χ4v) is 3.48. The first-order valence-corrected chi connectivity index (χ1v) is 9.58. The SMILES string of the molecule is CC/C=C/[C@H]1CO[C@H](c2ccc(CCC3CC=C(F)CC3)cc2)OC1. The number of hydrogen-bond acceptors (Lipinski definition) is 2. The molecule has 1 aromatic carbocycles. The molecule has 0 amide bonds. The molecule has 3 heteroatoms. The lowest BCUT2D eigenvalue weighted by molar-refractivity contribution is -0.197. The van der Waals surface area contributed by atoms with Crippen molar-refractivity contribution in [3.63, 3.8) is 0 Å². The summed E-state index contributed by atoms with van der Waals surface area (Å²) in [6.45, 7) is 3.57. The van der Waals surface area contributed by atoms with Crippen molar-refractivity contribution < 1.29 is 13.9 Å². The van der Waals surface area contributed by atoms with Crippen LogP contribution in [0.25, 0.3) is 0 Å². The van der Waals surface area contributed by atoms with Gasteiger partial charge in [-0.2, -0.15) is 0 Å². The van der Waals surface area contributed by atoms with Crippen LogP contribution in [0.15, 0.2) is 48.3 Å². The van der Waals surface area contributed by atoms with Gasteiger partial charge < -0.3 is 9.47 Å². The largest absolute Gasteiger partial charge is 0.348 e. The second kappa shape index (κ2) is 9.30. The smallest absolute Gasteiger partial charge is 0.183 e. The normalized spacial score (nSPS) is 27.4. The maximum absolute atomic E-state index is 13.1. The summed E-state index contributed by atoms with van der Waals surface area (Å²) >= 11 is 0. The number of ether oxygens (including phenoxy) is 2. The van der Waals surface area contributed by atoms with E-state index in [0.29, 0.717) is 31.5 Å². The molecule has 0 bridgehead atoms. The number of hydrogen-bond donors (Lipinski definition) is 0. The molecule has 0 N–H and O–H groups in total. The van der Waals surface area contributed by atoms with E-state index in [9.17, 15) is 4.39 Å². The van der Waals surface area contributed by atoms with E-state index in [1.165, 1.54) is 5.56 Å². The molecule has 1 saturated heterocycles. The van der Waals surface area contributed by atoms with Crippen LogP contribution in [0.2, 0.25) is 0 Å². The van der Waals surface area contributed by atoms with E-state index < -0.39 is 0 Å². The molecule has 0 aromatic heterocycles. The zero-order valence-corrected chi connectivity index (χ0v) is 15.1. The summed E-state index contributed by atoms with van der Waals surface area (Å²) < 4.78 is 24.8. The fraction of sp³-hybridized carbons (Fsp3) is 0.545. The zero-order valence-electron chi connectivity index (χ0n) is 15.1. The molecule has 1 unspecified atom stereocenters. The Morgan fingerprint density at radius 3 is 2.56 bits per heavy atom. The van der Waals surface area contributed by atoms with Crippen LogP contribution >= 0.6 is 0 Å². The van der Waals surface area contributed by atoms with Crippen LogP contribution in [0.3, 0.4) is 0 Å². The Hall–Kier alpha value is -1.45. The highest BCUT2D eigenvalue weighted by Gasteiger charge is 2.22. The minimum atomic E-state index is -0.244. The zero-order chi connectivity index (χ0) is 17.5. The van der Waals surface area contributed by atoms with Gasteiger partial charge in [-0.05, 0) is 50.0 Å². The number of benzene rings is 1. The van der Waals surface area contributed by atoms with E-state index in [1.807, 2.05) is 0 Å². The molecule has 2 nitrogen and oxygen atoms in total. The molecule has 1 atom stereocenters. The van der Waals surface area contributed by atoms with Crippen LogP contribution in [0.1, 0.15) is 56.4 Å². The molecule has 2 aliphatic rings. The van der Waals surface area contributed by atoms with Gasteiger partial charge in [0.05, 0.1) is 19.0 Å². The van der Waals surface area contributed by atoms with Gasteiger partial charge >= 0.3 is 0 Å². The second-order valence-corrected chi connectivity index (χ2v) is 7.17. The average Bonchev–Trinajstić information content (AvgIpc) is 2.67. The number of allylic oxidation sites excluding steroid dienone is 3. The first-order chi connectivity index (χ1) is 12.2. The maximum atomic E-state index is 13.1. The Labute approximate surface area is 150 Å². The molecule has 0 saturated carbocycles. The predicted molar refractivity (Wildman–Crippen MR) is 98.9 cm³/mol. The molecule has 0 radical (unpaired) electrons. The number of halogens is 1. The van der Waals surface area contributed by atoms with Gasteiger partial charge in [0.25, 0.3) is 0 Å². The molecule has 1 heterocycles. The molecule has 3 rings (SSSR count). The monoisotopic (exact) mass is 344 g/mol. The van der Waals surface area contributed by atoms with E-state index in [2.05, 4.69) is 43.3 Å². The fourth-order valence-electron chi connectivity index (χ4n) is 3.48. The maximum Gasteiger partial charge on any atom is 0.183 e. The molecule has 1 fully saturated rings. The van der Waals surface area contributed by atoms with Gasteiger partial charge in [0.15, 0.2) is 6.29 Å². The standard InChI is InChI=1S/C22H29FO2/c1-2-3-4-19-15-24-22(25-16-19)20-11-7-17(8-12-20)5-6-18-9-13-21(23)14-10-18/h3-4,7-8,11-13,18-19,22H,2,5-6,9-10,14-16H2,1H3/b4-3+/t18?,19-,22-. The molecule has 1 aromatic rings. The van der Waals surface area contributed by atoms with Crippen molar-refractivity contribution in [1.82, 2.24) is 0 Å². The number of rotatable bonds is 6. The van der Waals surface area contributed by atoms with E-state index in [1.54, 1.807) is 6.08 Å².